The number of hydrogen-bond donors (Lipinski definition) is 1. The number of hydrogen-bond acceptors (Lipinski definition) is 6. The monoisotopic (exact) mass is 383 g/mol. The molecule has 3 aromatic rings. The molecule has 148 valence electrons. The summed E-state index contributed by atoms with van der Waals surface area (Å²) in [6.45, 7) is 5.93. The Kier molecular flexibility index (Phi) is 4.78. The van der Waals surface area contributed by atoms with Crippen LogP contribution in [0.25, 0.3) is 11.0 Å². The maximum absolute atomic E-state index is 11.2. The molecule has 0 amide bonds. The third-order valence-corrected chi connectivity index (χ3v) is 5.23. The lowest BCUT2D eigenvalue weighted by Crippen LogP contribution is -2.36. The standard InChI is InChI=1S/C20H25N5O3/c1-12(2)9-17-22-18(28-23-17)14-5-4-8-25(11-14)20-21-15-10-13(19(26)27)6-7-16(15)24(20)3/h6-7,10,12,14H,4-5,8-9,11H2,1-3H3,(H,26,27). The van der Waals surface area contributed by atoms with Crippen LogP contribution in [0.5, 0.6) is 0 Å². The normalized spacial score (nSPS) is 17.6. The molecule has 0 radical (unpaired) electrons. The average molecular weight is 383 g/mol. The third-order valence-electron chi connectivity index (χ3n) is 5.23. The molecule has 2 aromatic heterocycles. The van der Waals surface area contributed by atoms with Gasteiger partial charge in [-0.2, -0.15) is 4.98 Å². The van der Waals surface area contributed by atoms with Gasteiger partial charge in [-0.1, -0.05) is 19.0 Å². The number of carboxylic acid groups (broad SMARTS) is 1. The van der Waals surface area contributed by atoms with Gasteiger partial charge in [0.1, 0.15) is 0 Å². The Morgan fingerprint density at radius 1 is 1.36 bits per heavy atom. The highest BCUT2D eigenvalue weighted by molar-refractivity contribution is 5.93. The Labute approximate surface area is 163 Å². The van der Waals surface area contributed by atoms with Gasteiger partial charge in [0.2, 0.25) is 11.8 Å². The van der Waals surface area contributed by atoms with E-state index in [1.54, 1.807) is 12.1 Å². The zero-order valence-corrected chi connectivity index (χ0v) is 16.4. The molecule has 1 N–H and O–H groups in total. The third kappa shape index (κ3) is 3.46. The van der Waals surface area contributed by atoms with Crippen molar-refractivity contribution in [2.45, 2.75) is 39.0 Å². The fourth-order valence-electron chi connectivity index (χ4n) is 3.84. The zero-order valence-electron chi connectivity index (χ0n) is 16.4. The second-order valence-electron chi connectivity index (χ2n) is 7.91. The van der Waals surface area contributed by atoms with Gasteiger partial charge >= 0.3 is 5.97 Å². The van der Waals surface area contributed by atoms with Crippen molar-refractivity contribution in [2.24, 2.45) is 13.0 Å². The highest BCUT2D eigenvalue weighted by Crippen LogP contribution is 2.30. The summed E-state index contributed by atoms with van der Waals surface area (Å²) in [7, 11) is 1.96. The van der Waals surface area contributed by atoms with Crippen molar-refractivity contribution in [2.75, 3.05) is 18.0 Å². The number of benzene rings is 1. The number of piperidine rings is 1. The fourth-order valence-corrected chi connectivity index (χ4v) is 3.84. The molecule has 1 unspecified atom stereocenters. The van der Waals surface area contributed by atoms with Gasteiger partial charge < -0.3 is 19.1 Å². The van der Waals surface area contributed by atoms with Crippen LogP contribution < -0.4 is 4.90 Å². The van der Waals surface area contributed by atoms with E-state index in [1.807, 2.05) is 17.7 Å². The van der Waals surface area contributed by atoms with Crippen molar-refractivity contribution in [1.82, 2.24) is 19.7 Å². The lowest BCUT2D eigenvalue weighted by atomic mass is 9.98. The number of carbonyl (C=O) groups is 1. The van der Waals surface area contributed by atoms with E-state index in [9.17, 15) is 9.90 Å². The van der Waals surface area contributed by atoms with Gasteiger partial charge in [0.15, 0.2) is 5.82 Å². The van der Waals surface area contributed by atoms with E-state index >= 15 is 0 Å². The van der Waals surface area contributed by atoms with E-state index in [-0.39, 0.29) is 11.5 Å². The molecule has 1 atom stereocenters. The van der Waals surface area contributed by atoms with Crippen LogP contribution in [0, 0.1) is 5.92 Å². The van der Waals surface area contributed by atoms with Gasteiger partial charge in [-0.25, -0.2) is 9.78 Å². The summed E-state index contributed by atoms with van der Waals surface area (Å²) in [5.74, 6) is 2.03. The summed E-state index contributed by atoms with van der Waals surface area (Å²) in [5, 5.41) is 13.3. The first-order valence-electron chi connectivity index (χ1n) is 9.69. The molecule has 8 nitrogen and oxygen atoms in total. The summed E-state index contributed by atoms with van der Waals surface area (Å²) in [4.78, 5) is 22.8. The van der Waals surface area contributed by atoms with Crippen LogP contribution in [-0.4, -0.2) is 43.9 Å². The minimum absolute atomic E-state index is 0.177. The number of aromatic nitrogens is 4. The minimum Gasteiger partial charge on any atom is -0.478 e. The molecule has 8 heteroatoms. The van der Waals surface area contributed by atoms with E-state index in [0.717, 1.165) is 49.6 Å². The van der Waals surface area contributed by atoms with Gasteiger partial charge in [0.05, 0.1) is 22.5 Å². The van der Waals surface area contributed by atoms with Crippen LogP contribution in [0.15, 0.2) is 22.7 Å². The molecule has 3 heterocycles. The Bertz CT molecular complexity index is 1010. The van der Waals surface area contributed by atoms with Crippen molar-refractivity contribution in [3.05, 3.63) is 35.5 Å². The van der Waals surface area contributed by atoms with Crippen molar-refractivity contribution in [3.63, 3.8) is 0 Å². The lowest BCUT2D eigenvalue weighted by Gasteiger charge is -2.31. The van der Waals surface area contributed by atoms with Crippen molar-refractivity contribution < 1.29 is 14.4 Å². The first kappa shape index (κ1) is 18.5. The van der Waals surface area contributed by atoms with Crippen molar-refractivity contribution in [3.8, 4) is 0 Å². The topological polar surface area (TPSA) is 97.3 Å². The van der Waals surface area contributed by atoms with E-state index in [2.05, 4.69) is 28.9 Å². The molecule has 0 aliphatic carbocycles. The number of nitrogens with zero attached hydrogens (tertiary/aromatic N) is 5. The van der Waals surface area contributed by atoms with Crippen molar-refractivity contribution >= 4 is 23.0 Å². The molecular weight excluding hydrogens is 358 g/mol. The molecule has 1 aromatic carbocycles. The SMILES string of the molecule is CC(C)Cc1noc(C2CCCN(c3nc4cc(C(=O)O)ccc4n3C)C2)n1. The number of rotatable bonds is 5. The van der Waals surface area contributed by atoms with Gasteiger partial charge in [-0.3, -0.25) is 0 Å². The van der Waals surface area contributed by atoms with Crippen LogP contribution in [0.3, 0.4) is 0 Å². The Balaban J connectivity index is 1.58. The molecule has 0 bridgehead atoms. The minimum atomic E-state index is -0.944. The van der Waals surface area contributed by atoms with E-state index in [0.29, 0.717) is 17.3 Å². The molecule has 1 aliphatic rings. The summed E-state index contributed by atoms with van der Waals surface area (Å²) >= 11 is 0. The number of aromatic carboxylic acids is 1. The predicted octanol–water partition coefficient (Wildman–Crippen LogP) is 3.24. The smallest absolute Gasteiger partial charge is 0.335 e. The zero-order chi connectivity index (χ0) is 19.8. The highest BCUT2D eigenvalue weighted by atomic mass is 16.5. The average Bonchev–Trinajstić information content (AvgIpc) is 3.26. The van der Waals surface area contributed by atoms with Crippen LogP contribution >= 0.6 is 0 Å². The second kappa shape index (κ2) is 7.26. The predicted molar refractivity (Wildman–Crippen MR) is 105 cm³/mol. The molecular formula is C20H25N5O3. The van der Waals surface area contributed by atoms with Crippen LogP contribution in [0.4, 0.5) is 5.95 Å². The summed E-state index contributed by atoms with van der Waals surface area (Å²) < 4.78 is 7.56. The molecule has 0 saturated carbocycles. The first-order valence-corrected chi connectivity index (χ1v) is 9.69. The molecule has 4 rings (SSSR count). The molecule has 1 aliphatic heterocycles. The quantitative estimate of drug-likeness (QED) is 0.722. The van der Waals surface area contributed by atoms with Gasteiger partial charge in [-0.05, 0) is 37.0 Å². The molecule has 1 saturated heterocycles. The summed E-state index contributed by atoms with van der Waals surface area (Å²) in [6, 6.07) is 5.05. The van der Waals surface area contributed by atoms with Gasteiger partial charge in [0.25, 0.3) is 0 Å². The first-order chi connectivity index (χ1) is 13.4. The fraction of sp³-hybridized carbons (Fsp3) is 0.500. The van der Waals surface area contributed by atoms with Crippen LogP contribution in [-0.2, 0) is 13.5 Å². The number of fused-ring (bicyclic) bond motifs is 1. The van der Waals surface area contributed by atoms with Crippen LogP contribution in [0.1, 0.15) is 54.7 Å². The summed E-state index contributed by atoms with van der Waals surface area (Å²) in [6.07, 6.45) is 2.83. The lowest BCUT2D eigenvalue weighted by molar-refractivity contribution is 0.0697. The van der Waals surface area contributed by atoms with Gasteiger partial charge in [0, 0.05) is 26.6 Å². The second-order valence-corrected chi connectivity index (χ2v) is 7.91. The van der Waals surface area contributed by atoms with E-state index < -0.39 is 5.97 Å². The van der Waals surface area contributed by atoms with E-state index in [4.69, 9.17) is 9.51 Å². The number of carboxylic acids is 1. The van der Waals surface area contributed by atoms with E-state index in [1.165, 1.54) is 0 Å². The molecule has 28 heavy (non-hydrogen) atoms. The van der Waals surface area contributed by atoms with Crippen LogP contribution in [0.2, 0.25) is 0 Å². The Morgan fingerprint density at radius 3 is 2.93 bits per heavy atom. The van der Waals surface area contributed by atoms with Gasteiger partial charge in [-0.15, -0.1) is 0 Å². The Hall–Kier alpha value is -2.90. The highest BCUT2D eigenvalue weighted by Gasteiger charge is 2.28. The molecule has 1 fully saturated rings. The number of imidazole rings is 1. The maximum atomic E-state index is 11.2. The number of aryl methyl sites for hydroxylation is 1. The van der Waals surface area contributed by atoms with Crippen molar-refractivity contribution in [1.29, 1.82) is 0 Å². The summed E-state index contributed by atoms with van der Waals surface area (Å²) in [5.41, 5.74) is 1.85. The molecule has 0 spiro atoms. The maximum Gasteiger partial charge on any atom is 0.335 e. The largest absolute Gasteiger partial charge is 0.478 e. The number of anilines is 1. The Morgan fingerprint density at radius 2 is 2.18 bits per heavy atom.